The molecule has 0 unspecified atom stereocenters. The Kier molecular flexibility index (Phi) is 4.56. The highest BCUT2D eigenvalue weighted by atomic mass is 35.5. The van der Waals surface area contributed by atoms with Gasteiger partial charge < -0.3 is 14.6 Å². The van der Waals surface area contributed by atoms with Crippen LogP contribution < -0.4 is 15.6 Å². The Morgan fingerprint density at radius 2 is 2.00 bits per heavy atom. The fourth-order valence-electron chi connectivity index (χ4n) is 3.94. The van der Waals surface area contributed by atoms with Gasteiger partial charge in [-0.15, -0.1) is 0 Å². The van der Waals surface area contributed by atoms with E-state index in [2.05, 4.69) is 25.4 Å². The zero-order chi connectivity index (χ0) is 23.6. The summed E-state index contributed by atoms with van der Waals surface area (Å²) < 4.78 is 24.8. The number of fused-ring (bicyclic) bond motifs is 2. The molecule has 0 bridgehead atoms. The second-order valence-corrected chi connectivity index (χ2v) is 8.57. The maximum Gasteiger partial charge on any atom is 0.276 e. The largest absolute Gasteiger partial charge is 0.450 e. The lowest BCUT2D eigenvalue weighted by Crippen LogP contribution is -2.24. The van der Waals surface area contributed by atoms with Gasteiger partial charge in [0, 0.05) is 32.1 Å². The van der Waals surface area contributed by atoms with Crippen molar-refractivity contribution in [3.63, 3.8) is 0 Å². The number of aryl methyl sites for hydroxylation is 1. The Morgan fingerprint density at radius 3 is 2.79 bits per heavy atom. The van der Waals surface area contributed by atoms with Gasteiger partial charge in [0.15, 0.2) is 23.1 Å². The SMILES string of the molecule is Cn1c(F)c(C2CC2)cc(Nc2nc3ncc(Oc4cnn5ccncc45)c(Cl)c3n2C)c1=O. The predicted molar refractivity (Wildman–Crippen MR) is 123 cm³/mol. The van der Waals surface area contributed by atoms with Gasteiger partial charge in [0.05, 0.1) is 18.6 Å². The van der Waals surface area contributed by atoms with E-state index < -0.39 is 11.5 Å². The number of halogens is 2. The molecule has 6 rings (SSSR count). The van der Waals surface area contributed by atoms with Crippen LogP contribution in [0.2, 0.25) is 5.02 Å². The Morgan fingerprint density at radius 1 is 1.18 bits per heavy atom. The molecule has 0 saturated heterocycles. The molecular formula is C22H18ClFN8O2. The lowest BCUT2D eigenvalue weighted by molar-refractivity contribution is 0.486. The summed E-state index contributed by atoms with van der Waals surface area (Å²) in [6.45, 7) is 0. The van der Waals surface area contributed by atoms with Crippen LogP contribution in [0.25, 0.3) is 16.7 Å². The number of anilines is 2. The first kappa shape index (κ1) is 20.6. The summed E-state index contributed by atoms with van der Waals surface area (Å²) in [5.41, 5.74) is 1.82. The van der Waals surface area contributed by atoms with Crippen LogP contribution in [0, 0.1) is 5.95 Å². The predicted octanol–water partition coefficient (Wildman–Crippen LogP) is 3.92. The van der Waals surface area contributed by atoms with Gasteiger partial charge in [0.1, 0.15) is 21.7 Å². The van der Waals surface area contributed by atoms with Crippen molar-refractivity contribution in [1.82, 2.24) is 33.7 Å². The van der Waals surface area contributed by atoms with Crippen molar-refractivity contribution in [2.75, 3.05) is 5.32 Å². The molecule has 1 saturated carbocycles. The van der Waals surface area contributed by atoms with Crippen LogP contribution in [0.3, 0.4) is 0 Å². The summed E-state index contributed by atoms with van der Waals surface area (Å²) in [6.07, 6.45) is 9.82. The quantitative estimate of drug-likeness (QED) is 0.380. The van der Waals surface area contributed by atoms with Gasteiger partial charge >= 0.3 is 0 Å². The summed E-state index contributed by atoms with van der Waals surface area (Å²) in [4.78, 5) is 25.6. The molecule has 1 fully saturated rings. The number of imidazole rings is 1. The molecule has 0 aliphatic heterocycles. The molecule has 34 heavy (non-hydrogen) atoms. The highest BCUT2D eigenvalue weighted by molar-refractivity contribution is 6.36. The molecular weight excluding hydrogens is 463 g/mol. The smallest absolute Gasteiger partial charge is 0.276 e. The molecule has 172 valence electrons. The van der Waals surface area contributed by atoms with Crippen molar-refractivity contribution in [2.24, 2.45) is 14.1 Å². The number of hydrogen-bond donors (Lipinski definition) is 1. The lowest BCUT2D eigenvalue weighted by Gasteiger charge is -2.12. The van der Waals surface area contributed by atoms with E-state index in [0.29, 0.717) is 44.7 Å². The zero-order valence-corrected chi connectivity index (χ0v) is 18.9. The summed E-state index contributed by atoms with van der Waals surface area (Å²) in [5, 5.41) is 7.54. The first-order valence-electron chi connectivity index (χ1n) is 10.5. The summed E-state index contributed by atoms with van der Waals surface area (Å²) in [5.74, 6) is 0.763. The molecule has 0 aromatic carbocycles. The number of nitrogens with zero attached hydrogens (tertiary/aromatic N) is 7. The highest BCUT2D eigenvalue weighted by Gasteiger charge is 2.29. The maximum atomic E-state index is 14.5. The van der Waals surface area contributed by atoms with E-state index in [9.17, 15) is 9.18 Å². The average molecular weight is 481 g/mol. The molecule has 12 heteroatoms. The molecule has 5 aromatic rings. The van der Waals surface area contributed by atoms with Gasteiger partial charge in [-0.3, -0.25) is 14.3 Å². The van der Waals surface area contributed by atoms with Crippen molar-refractivity contribution >= 4 is 39.9 Å². The standard InChI is InChI=1S/C22H18ClFN8O2/c1-30-18-17(23)16(34-15-10-27-32-6-5-25-8-14(15)32)9-26-20(18)29-22(30)28-13-7-12(11-3-4-11)19(24)31(2)21(13)33/h5-11H,3-4H2,1-2H3,(H,26,28,29). The Hall–Kier alpha value is -3.99. The number of pyridine rings is 2. The average Bonchev–Trinajstić information content (AvgIpc) is 3.52. The Labute approximate surface area is 196 Å². The molecule has 1 N–H and O–H groups in total. The van der Waals surface area contributed by atoms with E-state index in [4.69, 9.17) is 16.3 Å². The van der Waals surface area contributed by atoms with Crippen molar-refractivity contribution in [3.8, 4) is 11.5 Å². The Balaban J connectivity index is 1.39. The van der Waals surface area contributed by atoms with Crippen LogP contribution in [-0.2, 0) is 14.1 Å². The minimum atomic E-state index is -0.502. The highest BCUT2D eigenvalue weighted by Crippen LogP contribution is 2.42. The van der Waals surface area contributed by atoms with Crippen molar-refractivity contribution in [3.05, 3.63) is 63.9 Å². The lowest BCUT2D eigenvalue weighted by atomic mass is 10.1. The molecule has 0 amide bonds. The van der Waals surface area contributed by atoms with Crippen molar-refractivity contribution in [2.45, 2.75) is 18.8 Å². The van der Waals surface area contributed by atoms with E-state index in [0.717, 1.165) is 17.4 Å². The first-order valence-corrected chi connectivity index (χ1v) is 10.9. The number of aromatic nitrogens is 7. The molecule has 1 aliphatic carbocycles. The summed E-state index contributed by atoms with van der Waals surface area (Å²) >= 11 is 6.67. The van der Waals surface area contributed by atoms with Crippen LogP contribution in [0.5, 0.6) is 11.5 Å². The van der Waals surface area contributed by atoms with Gasteiger partial charge in [-0.25, -0.2) is 9.50 Å². The van der Waals surface area contributed by atoms with Crippen molar-refractivity contribution in [1.29, 1.82) is 0 Å². The third-order valence-corrected chi connectivity index (χ3v) is 6.31. The van der Waals surface area contributed by atoms with E-state index in [1.165, 1.54) is 13.2 Å². The van der Waals surface area contributed by atoms with E-state index in [1.54, 1.807) is 47.0 Å². The number of rotatable bonds is 5. The summed E-state index contributed by atoms with van der Waals surface area (Å²) in [6, 6.07) is 1.57. The molecule has 10 nitrogen and oxygen atoms in total. The van der Waals surface area contributed by atoms with Gasteiger partial charge in [-0.1, -0.05) is 11.6 Å². The monoisotopic (exact) mass is 480 g/mol. The minimum Gasteiger partial charge on any atom is -0.450 e. The van der Waals surface area contributed by atoms with Gasteiger partial charge in [0.25, 0.3) is 5.56 Å². The first-order chi connectivity index (χ1) is 16.4. The topological polar surface area (TPSA) is 104 Å². The molecule has 1 aliphatic rings. The molecule has 0 radical (unpaired) electrons. The molecule has 5 aromatic heterocycles. The van der Waals surface area contributed by atoms with Crippen LogP contribution >= 0.6 is 11.6 Å². The molecule has 0 atom stereocenters. The van der Waals surface area contributed by atoms with E-state index in [1.807, 2.05) is 0 Å². The zero-order valence-electron chi connectivity index (χ0n) is 18.2. The van der Waals surface area contributed by atoms with E-state index >= 15 is 0 Å². The van der Waals surface area contributed by atoms with Crippen LogP contribution in [0.4, 0.5) is 16.0 Å². The number of nitrogens with one attached hydrogen (secondary N) is 1. The second kappa shape index (κ2) is 7.52. The fraction of sp³-hybridized carbons (Fsp3) is 0.227. The maximum absolute atomic E-state index is 14.5. The van der Waals surface area contributed by atoms with Crippen LogP contribution in [0.15, 0.2) is 41.8 Å². The minimum absolute atomic E-state index is 0.138. The number of hydrogen-bond acceptors (Lipinski definition) is 7. The van der Waals surface area contributed by atoms with Gasteiger partial charge in [0.2, 0.25) is 5.95 Å². The van der Waals surface area contributed by atoms with Crippen LogP contribution in [-0.4, -0.2) is 33.7 Å². The third-order valence-electron chi connectivity index (χ3n) is 5.95. The van der Waals surface area contributed by atoms with Gasteiger partial charge in [-0.05, 0) is 24.8 Å². The fourth-order valence-corrected chi connectivity index (χ4v) is 4.24. The molecule has 0 spiro atoms. The second-order valence-electron chi connectivity index (χ2n) is 8.19. The van der Waals surface area contributed by atoms with E-state index in [-0.39, 0.29) is 11.6 Å². The normalized spacial score (nSPS) is 13.6. The summed E-state index contributed by atoms with van der Waals surface area (Å²) in [7, 11) is 3.16. The van der Waals surface area contributed by atoms with Gasteiger partial charge in [-0.2, -0.15) is 14.5 Å². The number of ether oxygens (including phenoxy) is 1. The van der Waals surface area contributed by atoms with Crippen molar-refractivity contribution < 1.29 is 9.13 Å². The molecule has 5 heterocycles. The third kappa shape index (κ3) is 3.19. The Bertz CT molecular complexity index is 1650. The van der Waals surface area contributed by atoms with Crippen LogP contribution in [0.1, 0.15) is 24.3 Å².